The minimum Gasteiger partial charge on any atom is -0.368 e. The number of nitrogens with two attached hydrogens (primary N) is 1. The third-order valence-electron chi connectivity index (χ3n) is 3.23. The normalized spacial score (nSPS) is 12.2. The molecule has 0 aliphatic carbocycles. The summed E-state index contributed by atoms with van der Waals surface area (Å²) in [6.07, 6.45) is 0.992. The zero-order chi connectivity index (χ0) is 15.3. The maximum Gasteiger partial charge on any atom is 0.237 e. The molecule has 1 atom stereocenters. The monoisotopic (exact) mass is 276 g/mol. The van der Waals surface area contributed by atoms with Gasteiger partial charge in [0.25, 0.3) is 0 Å². The van der Waals surface area contributed by atoms with Crippen molar-refractivity contribution in [3.63, 3.8) is 0 Å². The first-order chi connectivity index (χ1) is 9.31. The first-order valence-electron chi connectivity index (χ1n) is 6.93. The molecule has 1 aromatic carbocycles. The van der Waals surface area contributed by atoms with E-state index in [1.54, 1.807) is 7.05 Å². The molecule has 2 amide bonds. The Morgan fingerprint density at radius 2 is 1.90 bits per heavy atom. The van der Waals surface area contributed by atoms with Crippen LogP contribution in [0.25, 0.3) is 0 Å². The van der Waals surface area contributed by atoms with Crippen molar-refractivity contribution >= 4 is 11.8 Å². The average molecular weight is 276 g/mol. The molecular formula is C16H24N2O2. The Hall–Kier alpha value is -1.84. The molecule has 0 saturated carbocycles. The first-order valence-corrected chi connectivity index (χ1v) is 6.93. The molecule has 0 unspecified atom stereocenters. The molecule has 0 aliphatic heterocycles. The van der Waals surface area contributed by atoms with Crippen molar-refractivity contribution in [2.75, 3.05) is 13.6 Å². The molecule has 0 heterocycles. The third-order valence-corrected chi connectivity index (χ3v) is 3.23. The molecule has 110 valence electrons. The van der Waals surface area contributed by atoms with Gasteiger partial charge >= 0.3 is 0 Å². The molecule has 20 heavy (non-hydrogen) atoms. The van der Waals surface area contributed by atoms with Gasteiger partial charge in [-0.1, -0.05) is 38.1 Å². The highest BCUT2D eigenvalue weighted by Gasteiger charge is 2.20. The second-order valence-electron chi connectivity index (χ2n) is 5.73. The van der Waals surface area contributed by atoms with Crippen LogP contribution in [0, 0.1) is 5.92 Å². The van der Waals surface area contributed by atoms with E-state index in [9.17, 15) is 9.59 Å². The minimum absolute atomic E-state index is 0.0468. The number of primary amides is 1. The van der Waals surface area contributed by atoms with E-state index in [2.05, 4.69) is 26.0 Å². The predicted molar refractivity (Wildman–Crippen MR) is 80.2 cm³/mol. The van der Waals surface area contributed by atoms with Crippen LogP contribution >= 0.6 is 0 Å². The molecule has 0 radical (unpaired) electrons. The number of rotatable bonds is 6. The molecule has 4 nitrogen and oxygen atoms in total. The largest absolute Gasteiger partial charge is 0.368 e. The molecule has 1 aromatic rings. The Morgan fingerprint density at radius 3 is 2.45 bits per heavy atom. The Balaban J connectivity index is 2.83. The summed E-state index contributed by atoms with van der Waals surface area (Å²) in [4.78, 5) is 24.5. The fourth-order valence-electron chi connectivity index (χ4n) is 2.25. The summed E-state index contributed by atoms with van der Waals surface area (Å²) in [6, 6.07) is 8.07. The molecule has 0 aromatic heterocycles. The second-order valence-corrected chi connectivity index (χ2v) is 5.73. The van der Waals surface area contributed by atoms with Gasteiger partial charge in [-0.15, -0.1) is 0 Å². The quantitative estimate of drug-likeness (QED) is 0.863. The Morgan fingerprint density at radius 1 is 1.25 bits per heavy atom. The third kappa shape index (κ3) is 4.68. The van der Waals surface area contributed by atoms with Gasteiger partial charge in [0.05, 0.1) is 12.5 Å². The van der Waals surface area contributed by atoms with Gasteiger partial charge < -0.3 is 10.6 Å². The molecule has 0 aliphatic rings. The van der Waals surface area contributed by atoms with Crippen molar-refractivity contribution in [3.8, 4) is 0 Å². The summed E-state index contributed by atoms with van der Waals surface area (Å²) >= 11 is 0. The number of likely N-dealkylation sites (N-methyl/N-ethyl adjacent to an activating group) is 1. The minimum atomic E-state index is -0.499. The number of carbonyl (C=O) groups excluding carboxylic acids is 2. The van der Waals surface area contributed by atoms with E-state index in [0.29, 0.717) is 5.92 Å². The number of carbonyl (C=O) groups is 2. The van der Waals surface area contributed by atoms with Crippen molar-refractivity contribution in [2.45, 2.75) is 33.1 Å². The number of hydrogen-bond donors (Lipinski definition) is 1. The van der Waals surface area contributed by atoms with E-state index >= 15 is 0 Å². The predicted octanol–water partition coefficient (Wildman–Crippen LogP) is 1.93. The fourth-order valence-corrected chi connectivity index (χ4v) is 2.25. The van der Waals surface area contributed by atoms with Crippen molar-refractivity contribution < 1.29 is 9.59 Å². The van der Waals surface area contributed by atoms with Gasteiger partial charge in [-0.3, -0.25) is 9.59 Å². The van der Waals surface area contributed by atoms with Gasteiger partial charge in [-0.2, -0.15) is 0 Å². The SMILES string of the molecule is CC(C)Cc1cccc([C@@H](C)C(=O)N(C)CC(N)=O)c1. The topological polar surface area (TPSA) is 63.4 Å². The molecule has 4 heteroatoms. The Labute approximate surface area is 121 Å². The van der Waals surface area contributed by atoms with E-state index in [-0.39, 0.29) is 18.4 Å². The van der Waals surface area contributed by atoms with Gasteiger partial charge in [0.15, 0.2) is 0 Å². The van der Waals surface area contributed by atoms with Gasteiger partial charge in [-0.25, -0.2) is 0 Å². The summed E-state index contributed by atoms with van der Waals surface area (Å²) in [5.41, 5.74) is 7.32. The summed E-state index contributed by atoms with van der Waals surface area (Å²) in [7, 11) is 1.60. The van der Waals surface area contributed by atoms with Crippen LogP contribution in [0.2, 0.25) is 0 Å². The summed E-state index contributed by atoms with van der Waals surface area (Å²) < 4.78 is 0. The van der Waals surface area contributed by atoms with Gasteiger partial charge in [-0.05, 0) is 30.4 Å². The van der Waals surface area contributed by atoms with Gasteiger partial charge in [0.2, 0.25) is 11.8 Å². The van der Waals surface area contributed by atoms with Crippen molar-refractivity contribution in [1.82, 2.24) is 4.90 Å². The maximum absolute atomic E-state index is 12.2. The van der Waals surface area contributed by atoms with Crippen LogP contribution in [-0.4, -0.2) is 30.3 Å². The van der Waals surface area contributed by atoms with Crippen LogP contribution in [0.1, 0.15) is 37.8 Å². The van der Waals surface area contributed by atoms with Gasteiger partial charge in [0.1, 0.15) is 0 Å². The van der Waals surface area contributed by atoms with E-state index < -0.39 is 5.91 Å². The molecule has 2 N–H and O–H groups in total. The van der Waals surface area contributed by atoms with Crippen LogP contribution in [0.5, 0.6) is 0 Å². The number of hydrogen-bond acceptors (Lipinski definition) is 2. The second kappa shape index (κ2) is 7.08. The number of benzene rings is 1. The van der Waals surface area contributed by atoms with Crippen LogP contribution in [0.4, 0.5) is 0 Å². The molecule has 1 rings (SSSR count). The highest BCUT2D eigenvalue weighted by Crippen LogP contribution is 2.20. The van der Waals surface area contributed by atoms with Crippen molar-refractivity contribution in [3.05, 3.63) is 35.4 Å². The Kier molecular flexibility index (Phi) is 5.74. The zero-order valence-corrected chi connectivity index (χ0v) is 12.7. The molecule has 0 fully saturated rings. The van der Waals surface area contributed by atoms with Crippen molar-refractivity contribution in [1.29, 1.82) is 0 Å². The summed E-state index contributed by atoms with van der Waals surface area (Å²) in [5.74, 6) is -0.285. The fraction of sp³-hybridized carbons (Fsp3) is 0.500. The first kappa shape index (κ1) is 16.2. The highest BCUT2D eigenvalue weighted by atomic mass is 16.2. The van der Waals surface area contributed by atoms with Crippen LogP contribution in [0.3, 0.4) is 0 Å². The molecule has 0 bridgehead atoms. The van der Waals surface area contributed by atoms with Gasteiger partial charge in [0, 0.05) is 7.05 Å². The lowest BCUT2D eigenvalue weighted by molar-refractivity contribution is -0.134. The van der Waals surface area contributed by atoms with Crippen LogP contribution < -0.4 is 5.73 Å². The van der Waals surface area contributed by atoms with E-state index in [1.807, 2.05) is 19.1 Å². The standard InChI is InChI=1S/C16H24N2O2/c1-11(2)8-13-6-5-7-14(9-13)12(3)16(20)18(4)10-15(17)19/h5-7,9,11-12H,8,10H2,1-4H3,(H2,17,19)/t12-/m1/s1. The van der Waals surface area contributed by atoms with E-state index in [0.717, 1.165) is 12.0 Å². The molecule has 0 spiro atoms. The number of amides is 2. The zero-order valence-electron chi connectivity index (χ0n) is 12.7. The van der Waals surface area contributed by atoms with E-state index in [1.165, 1.54) is 10.5 Å². The lowest BCUT2D eigenvalue weighted by Gasteiger charge is -2.20. The number of nitrogens with zero attached hydrogens (tertiary/aromatic N) is 1. The lowest BCUT2D eigenvalue weighted by atomic mass is 9.95. The smallest absolute Gasteiger partial charge is 0.237 e. The van der Waals surface area contributed by atoms with E-state index in [4.69, 9.17) is 5.73 Å². The highest BCUT2D eigenvalue weighted by molar-refractivity contribution is 5.87. The lowest BCUT2D eigenvalue weighted by Crippen LogP contribution is -2.37. The van der Waals surface area contributed by atoms with Crippen LogP contribution in [0.15, 0.2) is 24.3 Å². The summed E-state index contributed by atoms with van der Waals surface area (Å²) in [5, 5.41) is 0. The molecule has 0 saturated heterocycles. The van der Waals surface area contributed by atoms with Crippen LogP contribution in [-0.2, 0) is 16.0 Å². The summed E-state index contributed by atoms with van der Waals surface area (Å²) in [6.45, 7) is 6.15. The van der Waals surface area contributed by atoms with Crippen molar-refractivity contribution in [2.24, 2.45) is 11.7 Å². The Bertz CT molecular complexity index is 483. The average Bonchev–Trinajstić information content (AvgIpc) is 2.35. The molecular weight excluding hydrogens is 252 g/mol. The maximum atomic E-state index is 12.2.